The van der Waals surface area contributed by atoms with E-state index >= 15 is 0 Å². The number of hydrogen-bond donors (Lipinski definition) is 1. The summed E-state index contributed by atoms with van der Waals surface area (Å²) < 4.78 is 0. The van der Waals surface area contributed by atoms with Crippen LogP contribution in [0.5, 0.6) is 0 Å². The van der Waals surface area contributed by atoms with E-state index in [1.807, 2.05) is 0 Å². The molecule has 1 aliphatic carbocycles. The van der Waals surface area contributed by atoms with Gasteiger partial charge in [0.1, 0.15) is 0 Å². The molecule has 0 aromatic heterocycles. The average molecular weight is 196 g/mol. The molecule has 2 aliphatic rings. The molecule has 0 radical (unpaired) electrons. The Kier molecular flexibility index (Phi) is 3.45. The standard InChI is InChI=1S/C12H24N2/c1-10(8-11-5-6-11)14-7-3-4-12(14)9-13-2/h10-13H,3-9H2,1-2H3. The third-order valence-corrected chi connectivity index (χ3v) is 3.80. The van der Waals surface area contributed by atoms with Gasteiger partial charge in [0, 0.05) is 18.6 Å². The maximum atomic E-state index is 3.32. The first-order valence-corrected chi connectivity index (χ1v) is 6.21. The fourth-order valence-corrected chi connectivity index (χ4v) is 2.86. The van der Waals surface area contributed by atoms with Crippen LogP contribution in [-0.4, -0.2) is 37.1 Å². The second kappa shape index (κ2) is 4.63. The molecule has 0 aromatic rings. The van der Waals surface area contributed by atoms with Gasteiger partial charge < -0.3 is 5.32 Å². The van der Waals surface area contributed by atoms with Crippen molar-refractivity contribution in [1.82, 2.24) is 10.2 Å². The van der Waals surface area contributed by atoms with Crippen LogP contribution >= 0.6 is 0 Å². The van der Waals surface area contributed by atoms with Gasteiger partial charge in [0.05, 0.1) is 0 Å². The molecule has 0 aromatic carbocycles. The predicted octanol–water partition coefficient (Wildman–Crippen LogP) is 1.86. The van der Waals surface area contributed by atoms with Gasteiger partial charge >= 0.3 is 0 Å². The zero-order chi connectivity index (χ0) is 9.97. The van der Waals surface area contributed by atoms with E-state index in [4.69, 9.17) is 0 Å². The van der Waals surface area contributed by atoms with Gasteiger partial charge in [0.15, 0.2) is 0 Å². The summed E-state index contributed by atoms with van der Waals surface area (Å²) >= 11 is 0. The Morgan fingerprint density at radius 3 is 2.79 bits per heavy atom. The number of rotatable bonds is 5. The van der Waals surface area contributed by atoms with Gasteiger partial charge in [-0.2, -0.15) is 0 Å². The second-order valence-electron chi connectivity index (χ2n) is 5.12. The highest BCUT2D eigenvalue weighted by Crippen LogP contribution is 2.35. The molecular formula is C12H24N2. The first kappa shape index (κ1) is 10.4. The van der Waals surface area contributed by atoms with Crippen LogP contribution in [0.15, 0.2) is 0 Å². The van der Waals surface area contributed by atoms with E-state index in [9.17, 15) is 0 Å². The Labute approximate surface area is 88.1 Å². The zero-order valence-corrected chi connectivity index (χ0v) is 9.63. The van der Waals surface area contributed by atoms with Crippen molar-refractivity contribution >= 4 is 0 Å². The fourth-order valence-electron chi connectivity index (χ4n) is 2.86. The average Bonchev–Trinajstić information content (AvgIpc) is 2.83. The minimum Gasteiger partial charge on any atom is -0.318 e. The van der Waals surface area contributed by atoms with Crippen LogP contribution in [0, 0.1) is 5.92 Å². The van der Waals surface area contributed by atoms with Gasteiger partial charge in [-0.3, -0.25) is 4.90 Å². The monoisotopic (exact) mass is 196 g/mol. The minimum atomic E-state index is 0.814. The highest BCUT2D eigenvalue weighted by molar-refractivity contribution is 4.87. The minimum absolute atomic E-state index is 0.814. The summed E-state index contributed by atoms with van der Waals surface area (Å²) in [5, 5.41) is 3.32. The van der Waals surface area contributed by atoms with E-state index < -0.39 is 0 Å². The molecular weight excluding hydrogens is 172 g/mol. The molecule has 82 valence electrons. The summed E-state index contributed by atoms with van der Waals surface area (Å²) in [7, 11) is 2.07. The molecule has 2 rings (SSSR count). The summed E-state index contributed by atoms with van der Waals surface area (Å²) in [6.07, 6.45) is 7.24. The third-order valence-electron chi connectivity index (χ3n) is 3.80. The molecule has 0 bridgehead atoms. The summed E-state index contributed by atoms with van der Waals surface area (Å²) in [6.45, 7) is 4.93. The number of nitrogens with zero attached hydrogens (tertiary/aromatic N) is 1. The molecule has 1 aliphatic heterocycles. The van der Waals surface area contributed by atoms with Crippen LogP contribution in [0.25, 0.3) is 0 Å². The molecule has 2 atom stereocenters. The maximum Gasteiger partial charge on any atom is 0.0223 e. The van der Waals surface area contributed by atoms with Gasteiger partial charge in [0.2, 0.25) is 0 Å². The molecule has 14 heavy (non-hydrogen) atoms. The lowest BCUT2D eigenvalue weighted by atomic mass is 10.1. The van der Waals surface area contributed by atoms with E-state index in [0.29, 0.717) is 0 Å². The van der Waals surface area contributed by atoms with Crippen molar-refractivity contribution < 1.29 is 0 Å². The smallest absolute Gasteiger partial charge is 0.0223 e. The number of nitrogens with one attached hydrogen (secondary N) is 1. The number of likely N-dealkylation sites (tertiary alicyclic amines) is 1. The first-order chi connectivity index (χ1) is 6.81. The quantitative estimate of drug-likeness (QED) is 0.722. The van der Waals surface area contributed by atoms with Gasteiger partial charge in [0.25, 0.3) is 0 Å². The van der Waals surface area contributed by atoms with Crippen LogP contribution < -0.4 is 5.32 Å². The zero-order valence-electron chi connectivity index (χ0n) is 9.63. The summed E-state index contributed by atoms with van der Waals surface area (Å²) in [5.74, 6) is 1.07. The third kappa shape index (κ3) is 2.48. The van der Waals surface area contributed by atoms with E-state index in [2.05, 4.69) is 24.2 Å². The number of hydrogen-bond acceptors (Lipinski definition) is 2. The largest absolute Gasteiger partial charge is 0.318 e. The van der Waals surface area contributed by atoms with Crippen molar-refractivity contribution in [2.75, 3.05) is 20.1 Å². The van der Waals surface area contributed by atoms with Crippen LogP contribution in [-0.2, 0) is 0 Å². The van der Waals surface area contributed by atoms with Crippen LogP contribution in [0.4, 0.5) is 0 Å². The normalized spacial score (nSPS) is 30.9. The lowest BCUT2D eigenvalue weighted by molar-refractivity contribution is 0.176. The van der Waals surface area contributed by atoms with E-state index in [-0.39, 0.29) is 0 Å². The molecule has 2 heteroatoms. The summed E-state index contributed by atoms with van der Waals surface area (Å²) in [5.41, 5.74) is 0. The maximum absolute atomic E-state index is 3.32. The molecule has 1 saturated heterocycles. The molecule has 0 amide bonds. The Bertz CT molecular complexity index is 177. The van der Waals surface area contributed by atoms with Gasteiger partial charge in [-0.05, 0) is 45.7 Å². The topological polar surface area (TPSA) is 15.3 Å². The Morgan fingerprint density at radius 2 is 2.14 bits per heavy atom. The number of likely N-dealkylation sites (N-methyl/N-ethyl adjacent to an activating group) is 1. The van der Waals surface area contributed by atoms with E-state index in [1.165, 1.54) is 45.2 Å². The molecule has 0 spiro atoms. The van der Waals surface area contributed by atoms with E-state index in [0.717, 1.165) is 18.0 Å². The van der Waals surface area contributed by atoms with Crippen molar-refractivity contribution in [3.63, 3.8) is 0 Å². The predicted molar refractivity (Wildman–Crippen MR) is 60.5 cm³/mol. The highest BCUT2D eigenvalue weighted by Gasteiger charge is 2.31. The lowest BCUT2D eigenvalue weighted by Crippen LogP contribution is -2.42. The van der Waals surface area contributed by atoms with Gasteiger partial charge in [-0.1, -0.05) is 12.8 Å². The second-order valence-corrected chi connectivity index (χ2v) is 5.12. The Balaban J connectivity index is 1.80. The molecule has 2 unspecified atom stereocenters. The van der Waals surface area contributed by atoms with Crippen molar-refractivity contribution in [1.29, 1.82) is 0 Å². The van der Waals surface area contributed by atoms with Gasteiger partial charge in [-0.15, -0.1) is 0 Å². The summed E-state index contributed by atoms with van der Waals surface area (Å²) in [6, 6.07) is 1.64. The molecule has 1 N–H and O–H groups in total. The van der Waals surface area contributed by atoms with Crippen molar-refractivity contribution in [3.8, 4) is 0 Å². The fraction of sp³-hybridized carbons (Fsp3) is 1.00. The van der Waals surface area contributed by atoms with Crippen LogP contribution in [0.3, 0.4) is 0 Å². The molecule has 2 fully saturated rings. The highest BCUT2D eigenvalue weighted by atomic mass is 15.2. The molecule has 2 nitrogen and oxygen atoms in total. The molecule has 1 heterocycles. The first-order valence-electron chi connectivity index (χ1n) is 6.21. The van der Waals surface area contributed by atoms with Crippen molar-refractivity contribution in [2.45, 2.75) is 51.1 Å². The summed E-state index contributed by atoms with van der Waals surface area (Å²) in [4.78, 5) is 2.73. The van der Waals surface area contributed by atoms with Crippen molar-refractivity contribution in [2.24, 2.45) is 5.92 Å². The SMILES string of the molecule is CNCC1CCCN1C(C)CC1CC1. The van der Waals surface area contributed by atoms with Crippen LogP contribution in [0.2, 0.25) is 0 Å². The molecule has 1 saturated carbocycles. The van der Waals surface area contributed by atoms with Gasteiger partial charge in [-0.25, -0.2) is 0 Å². The van der Waals surface area contributed by atoms with Crippen molar-refractivity contribution in [3.05, 3.63) is 0 Å². The Hall–Kier alpha value is -0.0800. The Morgan fingerprint density at radius 1 is 1.36 bits per heavy atom. The lowest BCUT2D eigenvalue weighted by Gasteiger charge is -2.30. The van der Waals surface area contributed by atoms with E-state index in [1.54, 1.807) is 0 Å². The van der Waals surface area contributed by atoms with Crippen LogP contribution in [0.1, 0.15) is 39.0 Å².